The Morgan fingerprint density at radius 2 is 2.13 bits per heavy atom. The van der Waals surface area contributed by atoms with E-state index in [1.165, 1.54) is 23.9 Å². The number of likely N-dealkylation sites (tertiary alicyclic amines) is 1. The van der Waals surface area contributed by atoms with Gasteiger partial charge < -0.3 is 9.88 Å². The van der Waals surface area contributed by atoms with Gasteiger partial charge in [-0.3, -0.25) is 4.79 Å². The molecule has 118 valence electrons. The number of thioether (sulfide) groups is 1. The van der Waals surface area contributed by atoms with E-state index in [0.29, 0.717) is 27.5 Å². The number of fused-ring (bicyclic) bond motifs is 3. The molecule has 1 aliphatic heterocycles. The molecule has 6 nitrogen and oxygen atoms in total. The third-order valence-electron chi connectivity index (χ3n) is 3.94. The van der Waals surface area contributed by atoms with Gasteiger partial charge in [0.25, 0.3) is 0 Å². The molecule has 1 amide bonds. The van der Waals surface area contributed by atoms with Crippen LogP contribution >= 0.6 is 11.8 Å². The quantitative estimate of drug-likeness (QED) is 0.746. The molecule has 1 aliphatic rings. The summed E-state index contributed by atoms with van der Waals surface area (Å²) >= 11 is 1.27. The van der Waals surface area contributed by atoms with Gasteiger partial charge in [-0.25, -0.2) is 9.37 Å². The molecule has 0 bridgehead atoms. The Bertz CT molecular complexity index is 890. The molecule has 1 saturated heterocycles. The van der Waals surface area contributed by atoms with Crippen LogP contribution in [0.15, 0.2) is 23.4 Å². The van der Waals surface area contributed by atoms with Gasteiger partial charge in [-0.05, 0) is 31.0 Å². The number of benzene rings is 1. The maximum absolute atomic E-state index is 13.4. The summed E-state index contributed by atoms with van der Waals surface area (Å²) in [6.45, 7) is 1.68. The summed E-state index contributed by atoms with van der Waals surface area (Å²) in [7, 11) is 0. The van der Waals surface area contributed by atoms with Gasteiger partial charge >= 0.3 is 0 Å². The van der Waals surface area contributed by atoms with Crippen LogP contribution in [0.5, 0.6) is 0 Å². The minimum atomic E-state index is -0.324. The Morgan fingerprint density at radius 3 is 2.96 bits per heavy atom. The van der Waals surface area contributed by atoms with Gasteiger partial charge in [0.05, 0.1) is 5.75 Å². The van der Waals surface area contributed by atoms with Crippen LogP contribution in [0, 0.1) is 5.82 Å². The summed E-state index contributed by atoms with van der Waals surface area (Å²) in [6.07, 6.45) is 2.15. The summed E-state index contributed by atoms with van der Waals surface area (Å²) in [6, 6.07) is 4.45. The van der Waals surface area contributed by atoms with Gasteiger partial charge in [0.2, 0.25) is 11.1 Å². The van der Waals surface area contributed by atoms with Crippen LogP contribution in [-0.2, 0) is 4.79 Å². The Labute approximate surface area is 135 Å². The van der Waals surface area contributed by atoms with Crippen molar-refractivity contribution >= 4 is 39.7 Å². The zero-order chi connectivity index (χ0) is 15.8. The van der Waals surface area contributed by atoms with Crippen molar-refractivity contribution < 1.29 is 9.18 Å². The fourth-order valence-corrected chi connectivity index (χ4v) is 3.46. The lowest BCUT2D eigenvalue weighted by atomic mass is 10.2. The molecule has 4 rings (SSSR count). The monoisotopic (exact) mass is 331 g/mol. The highest BCUT2D eigenvalue weighted by atomic mass is 32.2. The predicted octanol–water partition coefficient (Wildman–Crippen LogP) is 2.36. The molecule has 2 aromatic heterocycles. The molecule has 0 radical (unpaired) electrons. The van der Waals surface area contributed by atoms with Crippen molar-refractivity contribution in [1.29, 1.82) is 0 Å². The Balaban J connectivity index is 1.56. The van der Waals surface area contributed by atoms with Crippen molar-refractivity contribution in [3.8, 4) is 0 Å². The molecule has 0 saturated carbocycles. The topological polar surface area (TPSA) is 74.8 Å². The Morgan fingerprint density at radius 1 is 1.30 bits per heavy atom. The van der Waals surface area contributed by atoms with Crippen molar-refractivity contribution in [2.75, 3.05) is 18.8 Å². The van der Waals surface area contributed by atoms with E-state index in [9.17, 15) is 9.18 Å². The number of rotatable bonds is 3. The second-order valence-electron chi connectivity index (χ2n) is 5.48. The van der Waals surface area contributed by atoms with Gasteiger partial charge in [-0.15, -0.1) is 10.2 Å². The molecule has 0 aliphatic carbocycles. The molecule has 0 spiro atoms. The van der Waals surface area contributed by atoms with E-state index < -0.39 is 0 Å². The number of aromatic nitrogens is 4. The number of nitrogens with zero attached hydrogens (tertiary/aromatic N) is 4. The van der Waals surface area contributed by atoms with Crippen LogP contribution in [-0.4, -0.2) is 49.8 Å². The first-order valence-electron chi connectivity index (χ1n) is 7.43. The molecule has 1 fully saturated rings. The van der Waals surface area contributed by atoms with E-state index in [1.807, 2.05) is 4.90 Å². The number of carbonyl (C=O) groups excluding carboxylic acids is 1. The van der Waals surface area contributed by atoms with Crippen molar-refractivity contribution in [3.63, 3.8) is 0 Å². The maximum Gasteiger partial charge on any atom is 0.233 e. The first kappa shape index (κ1) is 14.4. The van der Waals surface area contributed by atoms with Crippen molar-refractivity contribution in [3.05, 3.63) is 24.0 Å². The summed E-state index contributed by atoms with van der Waals surface area (Å²) in [5, 5.41) is 9.27. The van der Waals surface area contributed by atoms with Crippen molar-refractivity contribution in [2.45, 2.75) is 18.0 Å². The van der Waals surface area contributed by atoms with E-state index in [-0.39, 0.29) is 11.7 Å². The normalized spacial score (nSPS) is 14.9. The molecular formula is C15H14FN5OS. The van der Waals surface area contributed by atoms with Crippen LogP contribution in [0.4, 0.5) is 4.39 Å². The van der Waals surface area contributed by atoms with Gasteiger partial charge in [-0.2, -0.15) is 0 Å². The van der Waals surface area contributed by atoms with E-state index in [4.69, 9.17) is 0 Å². The summed E-state index contributed by atoms with van der Waals surface area (Å²) in [4.78, 5) is 21.4. The molecule has 3 aromatic rings. The molecule has 0 unspecified atom stereocenters. The van der Waals surface area contributed by atoms with E-state index in [0.717, 1.165) is 31.4 Å². The number of aromatic amines is 1. The highest BCUT2D eigenvalue weighted by molar-refractivity contribution is 7.99. The highest BCUT2D eigenvalue weighted by Gasteiger charge is 2.18. The number of hydrogen-bond donors (Lipinski definition) is 1. The molecule has 1 N–H and O–H groups in total. The van der Waals surface area contributed by atoms with E-state index in [1.54, 1.807) is 6.07 Å². The largest absolute Gasteiger partial charge is 0.342 e. The average molecular weight is 331 g/mol. The molecule has 0 atom stereocenters. The van der Waals surface area contributed by atoms with Gasteiger partial charge in [-0.1, -0.05) is 11.8 Å². The fourth-order valence-electron chi connectivity index (χ4n) is 2.77. The third kappa shape index (κ3) is 2.74. The SMILES string of the molecule is O=C(CSc1nnc2c(n1)[nH]c1ccc(F)cc12)N1CCCC1. The lowest BCUT2D eigenvalue weighted by Crippen LogP contribution is -2.29. The Hall–Kier alpha value is -2.22. The lowest BCUT2D eigenvalue weighted by Gasteiger charge is -2.13. The smallest absolute Gasteiger partial charge is 0.233 e. The first-order chi connectivity index (χ1) is 11.2. The zero-order valence-electron chi connectivity index (χ0n) is 12.3. The predicted molar refractivity (Wildman–Crippen MR) is 85.7 cm³/mol. The van der Waals surface area contributed by atoms with Crippen LogP contribution < -0.4 is 0 Å². The summed E-state index contributed by atoms with van der Waals surface area (Å²) in [5.74, 6) is 0.0898. The van der Waals surface area contributed by atoms with Gasteiger partial charge in [0.15, 0.2) is 5.65 Å². The van der Waals surface area contributed by atoms with Gasteiger partial charge in [0.1, 0.15) is 11.3 Å². The lowest BCUT2D eigenvalue weighted by molar-refractivity contribution is -0.127. The van der Waals surface area contributed by atoms with Crippen LogP contribution in [0.2, 0.25) is 0 Å². The number of halogens is 1. The van der Waals surface area contributed by atoms with Crippen molar-refractivity contribution in [2.24, 2.45) is 0 Å². The van der Waals surface area contributed by atoms with Gasteiger partial charge in [0, 0.05) is 24.0 Å². The third-order valence-corrected chi connectivity index (χ3v) is 4.76. The van der Waals surface area contributed by atoms with E-state index in [2.05, 4.69) is 20.2 Å². The van der Waals surface area contributed by atoms with E-state index >= 15 is 0 Å². The maximum atomic E-state index is 13.4. The number of nitrogens with one attached hydrogen (secondary N) is 1. The average Bonchev–Trinajstić information content (AvgIpc) is 3.19. The number of hydrogen-bond acceptors (Lipinski definition) is 5. The Kier molecular flexibility index (Phi) is 3.60. The van der Waals surface area contributed by atoms with Crippen LogP contribution in [0.1, 0.15) is 12.8 Å². The minimum absolute atomic E-state index is 0.106. The number of amides is 1. The van der Waals surface area contributed by atoms with Crippen molar-refractivity contribution in [1.82, 2.24) is 25.1 Å². The van der Waals surface area contributed by atoms with Crippen LogP contribution in [0.3, 0.4) is 0 Å². The zero-order valence-corrected chi connectivity index (χ0v) is 13.1. The second-order valence-corrected chi connectivity index (χ2v) is 6.43. The summed E-state index contributed by atoms with van der Waals surface area (Å²) < 4.78 is 13.4. The summed E-state index contributed by atoms with van der Waals surface area (Å²) in [5.41, 5.74) is 1.85. The molecule has 1 aromatic carbocycles. The second kappa shape index (κ2) is 5.77. The molecule has 23 heavy (non-hydrogen) atoms. The number of H-pyrrole nitrogens is 1. The highest BCUT2D eigenvalue weighted by Crippen LogP contribution is 2.24. The molecule has 8 heteroatoms. The standard InChI is InChI=1S/C15H14FN5OS/c16-9-3-4-11-10(7-9)13-14(17-11)18-15(20-19-13)23-8-12(22)21-5-1-2-6-21/h3-4,7H,1-2,5-6,8H2,(H,17,18,20). The number of carbonyl (C=O) groups is 1. The first-order valence-corrected chi connectivity index (χ1v) is 8.41. The molecular weight excluding hydrogens is 317 g/mol. The van der Waals surface area contributed by atoms with Crippen LogP contribution in [0.25, 0.3) is 22.1 Å². The minimum Gasteiger partial charge on any atom is -0.342 e. The molecule has 3 heterocycles. The fraction of sp³-hybridized carbons (Fsp3) is 0.333.